The van der Waals surface area contributed by atoms with Gasteiger partial charge in [0.25, 0.3) is 17.7 Å². The van der Waals surface area contributed by atoms with Gasteiger partial charge in [-0.1, -0.05) is 23.7 Å². The van der Waals surface area contributed by atoms with Gasteiger partial charge in [0.2, 0.25) is 5.91 Å². The molecule has 0 radical (unpaired) electrons. The predicted molar refractivity (Wildman–Crippen MR) is 250 cm³/mol. The summed E-state index contributed by atoms with van der Waals surface area (Å²) in [6.07, 6.45) is 7.77. The van der Waals surface area contributed by atoms with Gasteiger partial charge in [-0.05, 0) is 112 Å². The van der Waals surface area contributed by atoms with Crippen molar-refractivity contribution in [1.82, 2.24) is 39.9 Å². The smallest absolute Gasteiger partial charge is 0.328 e. The van der Waals surface area contributed by atoms with Crippen LogP contribution in [0.3, 0.4) is 0 Å². The number of carbonyl (C=O) groups is 4. The summed E-state index contributed by atoms with van der Waals surface area (Å²) in [5, 5.41) is 13.9. The third-order valence-corrected chi connectivity index (χ3v) is 16.0. The highest BCUT2D eigenvalue weighted by molar-refractivity contribution is 6.35. The number of ether oxygens (including phenoxy) is 1. The number of alkyl halides is 2. The lowest BCUT2D eigenvalue weighted by Crippen LogP contribution is -2.60. The molecule has 5 aliphatic heterocycles. The number of anilines is 4. The molecule has 2 aromatic heterocycles. The highest BCUT2D eigenvalue weighted by Gasteiger charge is 2.50. The number of nitrogens with zero attached hydrogens (tertiary/aromatic N) is 8. The number of urea groups is 1. The molecule has 356 valence electrons. The van der Waals surface area contributed by atoms with Crippen molar-refractivity contribution in [1.29, 1.82) is 0 Å². The Morgan fingerprint density at radius 2 is 1.70 bits per heavy atom. The van der Waals surface area contributed by atoms with E-state index in [1.807, 2.05) is 46.0 Å². The van der Waals surface area contributed by atoms with Gasteiger partial charge in [-0.15, -0.1) is 5.10 Å². The van der Waals surface area contributed by atoms with Crippen LogP contribution < -0.4 is 25.8 Å². The first-order valence-corrected chi connectivity index (χ1v) is 24.0. The Kier molecular flexibility index (Phi) is 12.1. The maximum atomic E-state index is 16.3. The minimum atomic E-state index is -2.89. The van der Waals surface area contributed by atoms with E-state index in [9.17, 15) is 19.2 Å². The van der Waals surface area contributed by atoms with Gasteiger partial charge in [0.1, 0.15) is 0 Å². The zero-order valence-corrected chi connectivity index (χ0v) is 39.0. The first kappa shape index (κ1) is 45.4. The van der Waals surface area contributed by atoms with E-state index < -0.39 is 18.0 Å². The molecular weight excluding hydrogens is 884 g/mol. The summed E-state index contributed by atoms with van der Waals surface area (Å²) < 4.78 is 39.6. The maximum absolute atomic E-state index is 16.3. The molecule has 4 saturated heterocycles. The molecule has 10 rings (SSSR count). The number of hydrogen-bond acceptors (Lipinski definition) is 11. The monoisotopic (exact) mass is 941 g/mol. The van der Waals surface area contributed by atoms with Crippen LogP contribution in [0.1, 0.15) is 88.9 Å². The van der Waals surface area contributed by atoms with Crippen LogP contribution in [0.4, 0.5) is 36.5 Å². The zero-order valence-electron chi connectivity index (χ0n) is 38.3. The average Bonchev–Trinajstić information content (AvgIpc) is 3.95. The molecule has 16 nitrogen and oxygen atoms in total. The number of amides is 5. The molecule has 4 aromatic rings. The van der Waals surface area contributed by atoms with E-state index in [0.29, 0.717) is 91.2 Å². The molecule has 1 unspecified atom stereocenters. The van der Waals surface area contributed by atoms with E-state index in [1.165, 1.54) is 4.90 Å². The third-order valence-electron chi connectivity index (χ3n) is 15.5. The van der Waals surface area contributed by atoms with E-state index >= 15 is 8.78 Å². The van der Waals surface area contributed by atoms with Crippen molar-refractivity contribution in [2.24, 2.45) is 5.41 Å². The summed E-state index contributed by atoms with van der Waals surface area (Å²) in [6, 6.07) is 9.94. The molecule has 19 heteroatoms. The maximum Gasteiger partial charge on any atom is 0.328 e. The van der Waals surface area contributed by atoms with Gasteiger partial charge in [-0.3, -0.25) is 34.4 Å². The Bertz CT molecular complexity index is 2610. The third kappa shape index (κ3) is 8.48. The number of imide groups is 1. The molecule has 7 heterocycles. The number of likely N-dealkylation sites (tertiary alicyclic amines) is 3. The zero-order chi connectivity index (χ0) is 46.8. The lowest BCUT2D eigenvalue weighted by molar-refractivity contribution is -0.139. The summed E-state index contributed by atoms with van der Waals surface area (Å²) in [5.74, 6) is -2.98. The van der Waals surface area contributed by atoms with Crippen molar-refractivity contribution in [3.05, 3.63) is 75.6 Å². The van der Waals surface area contributed by atoms with E-state index in [4.69, 9.17) is 21.4 Å². The molecule has 1 spiro atoms. The molecule has 1 saturated carbocycles. The van der Waals surface area contributed by atoms with E-state index in [2.05, 4.69) is 25.8 Å². The lowest BCUT2D eigenvalue weighted by atomic mass is 9.70. The molecule has 1 aliphatic carbocycles. The minimum absolute atomic E-state index is 0.000289. The highest BCUT2D eigenvalue weighted by atomic mass is 35.5. The van der Waals surface area contributed by atoms with Crippen LogP contribution in [0, 0.1) is 12.3 Å². The lowest BCUT2D eigenvalue weighted by Gasteiger charge is -2.51. The van der Waals surface area contributed by atoms with Crippen molar-refractivity contribution >= 4 is 63.9 Å². The van der Waals surface area contributed by atoms with Crippen LogP contribution in [0.2, 0.25) is 5.02 Å². The minimum Gasteiger partial charge on any atom is -0.385 e. The fraction of sp³-hybridized carbons (Fsp3) is 0.542. The van der Waals surface area contributed by atoms with Gasteiger partial charge in [-0.2, -0.15) is 0 Å². The number of halogens is 3. The number of piperidine rings is 3. The number of nitrogens with one attached hydrogen (secondary N) is 3. The fourth-order valence-corrected chi connectivity index (χ4v) is 11.6. The second-order valence-corrected chi connectivity index (χ2v) is 19.7. The largest absolute Gasteiger partial charge is 0.385 e. The van der Waals surface area contributed by atoms with Gasteiger partial charge in [0, 0.05) is 77.2 Å². The van der Waals surface area contributed by atoms with Gasteiger partial charge < -0.3 is 25.2 Å². The molecule has 5 fully saturated rings. The second kappa shape index (κ2) is 17.9. The molecule has 67 heavy (non-hydrogen) atoms. The number of hydrogen-bond donors (Lipinski definition) is 3. The number of benzene rings is 2. The number of rotatable bonds is 10. The van der Waals surface area contributed by atoms with Gasteiger partial charge in [-0.25, -0.2) is 23.1 Å². The Morgan fingerprint density at radius 3 is 2.40 bits per heavy atom. The van der Waals surface area contributed by atoms with Gasteiger partial charge in [0.15, 0.2) is 17.2 Å². The van der Waals surface area contributed by atoms with E-state index in [1.54, 1.807) is 36.9 Å². The topological polar surface area (TPSA) is 160 Å². The molecule has 2 aromatic carbocycles. The van der Waals surface area contributed by atoms with E-state index in [0.717, 1.165) is 67.4 Å². The van der Waals surface area contributed by atoms with Crippen LogP contribution in [0.25, 0.3) is 5.65 Å². The van der Waals surface area contributed by atoms with Crippen LogP contribution in [0.5, 0.6) is 0 Å². The standard InChI is InChI=1S/C48H58ClF2N11O5/c1-29-23-31(24-36(42(29)49)61-18-11-41(63)55-46(61)66)45(65)59-21-14-47(15-22-59)12-19-58(20-13-47)39-10-16-57(28-48(39,50)51)27-30-5-4-6-35-32(30)9-17-60(35)40-25-34(52-2)43-53-26-37(62(43)56-40)44(64)54-33-7-8-38(33)67-3/h4-6,23-26,33,38-39,52H,7-22,27-28H2,1-3H3,(H,54,64)(H,55,63,66)/t33-,38-,39?/m1/s1. The molecule has 6 aliphatic rings. The summed E-state index contributed by atoms with van der Waals surface area (Å²) in [7, 11) is 3.46. The first-order chi connectivity index (χ1) is 32.2. The van der Waals surface area contributed by atoms with Crippen molar-refractivity contribution in [3.8, 4) is 0 Å². The van der Waals surface area contributed by atoms with E-state index in [-0.39, 0.29) is 54.8 Å². The molecule has 5 amide bonds. The Morgan fingerprint density at radius 1 is 0.940 bits per heavy atom. The Labute approximate surface area is 393 Å². The Hall–Kier alpha value is -5.43. The van der Waals surface area contributed by atoms with Crippen LogP contribution in [0.15, 0.2) is 42.6 Å². The van der Waals surface area contributed by atoms with Gasteiger partial charge >= 0.3 is 6.03 Å². The SMILES string of the molecule is CNc1cc(N2CCc3c(CN4CCC(N5CCC6(CCN(C(=O)c7cc(C)c(Cl)c(N8CCC(=O)NC8=O)c7)CC6)CC5)C(F)(F)C4)cccc32)nn2c(C(=O)N[C@@H]3CC[C@H]3OC)cnc12. The quantitative estimate of drug-likeness (QED) is 0.171. The van der Waals surface area contributed by atoms with Crippen molar-refractivity contribution in [3.63, 3.8) is 0 Å². The van der Waals surface area contributed by atoms with Crippen LogP contribution >= 0.6 is 11.6 Å². The number of imidazole rings is 1. The summed E-state index contributed by atoms with van der Waals surface area (Å²) >= 11 is 6.60. The number of aromatic nitrogens is 3. The normalized spacial score (nSPS) is 24.1. The second-order valence-electron chi connectivity index (χ2n) is 19.3. The van der Waals surface area contributed by atoms with Crippen molar-refractivity contribution in [2.75, 3.05) is 81.6 Å². The van der Waals surface area contributed by atoms with Gasteiger partial charge in [0.05, 0.1) is 47.3 Å². The summed E-state index contributed by atoms with van der Waals surface area (Å²) in [4.78, 5) is 65.4. The molecular formula is C48H58ClF2N11O5. The first-order valence-electron chi connectivity index (χ1n) is 23.6. The van der Waals surface area contributed by atoms with Crippen LogP contribution in [-0.4, -0.2) is 144 Å². The summed E-state index contributed by atoms with van der Waals surface area (Å²) in [6.45, 7) is 5.64. The average molecular weight is 943 g/mol. The number of fused-ring (bicyclic) bond motifs is 2. The molecule has 3 atom stereocenters. The number of methoxy groups -OCH3 is 1. The molecule has 3 N–H and O–H groups in total. The number of carbonyl (C=O) groups excluding carboxylic acids is 4. The fourth-order valence-electron chi connectivity index (χ4n) is 11.3. The summed E-state index contributed by atoms with van der Waals surface area (Å²) in [5.41, 5.74) is 6.23. The predicted octanol–water partition coefficient (Wildman–Crippen LogP) is 6.01. The van der Waals surface area contributed by atoms with Crippen molar-refractivity contribution in [2.45, 2.75) is 95.4 Å². The molecule has 0 bridgehead atoms. The van der Waals surface area contributed by atoms with Crippen LogP contribution in [-0.2, 0) is 22.5 Å². The highest BCUT2D eigenvalue weighted by Crippen LogP contribution is 2.45. The van der Waals surface area contributed by atoms with Crippen molar-refractivity contribution < 1.29 is 32.7 Å². The number of aryl methyl sites for hydroxylation is 1. The Balaban J connectivity index is 0.750.